The third-order valence-electron chi connectivity index (χ3n) is 6.20. The lowest BCUT2D eigenvalue weighted by Gasteiger charge is -2.30. The summed E-state index contributed by atoms with van der Waals surface area (Å²) in [6, 6.07) is 6.61. The lowest BCUT2D eigenvalue weighted by atomic mass is 10.0. The summed E-state index contributed by atoms with van der Waals surface area (Å²) in [5.41, 5.74) is -2.26. The quantitative estimate of drug-likeness (QED) is 0.290. The Morgan fingerprint density at radius 3 is 2.26 bits per heavy atom. The van der Waals surface area contributed by atoms with Crippen molar-refractivity contribution < 1.29 is 35.5 Å². The second-order valence-electron chi connectivity index (χ2n) is 8.50. The molecule has 15 heteroatoms. The summed E-state index contributed by atoms with van der Waals surface area (Å²) in [5.74, 6) is -1.01. The van der Waals surface area contributed by atoms with Gasteiger partial charge in [-0.05, 0) is 52.5 Å². The van der Waals surface area contributed by atoms with E-state index < -0.39 is 41.0 Å². The monoisotopic (exact) mass is 627 g/mol. The normalized spacial score (nSPS) is 16.0. The third-order valence-corrected chi connectivity index (χ3v) is 7.12. The molecule has 1 aromatic carbocycles. The van der Waals surface area contributed by atoms with Crippen LogP contribution in [0.15, 0.2) is 39.9 Å². The van der Waals surface area contributed by atoms with Crippen LogP contribution in [0, 0.1) is 11.3 Å². The van der Waals surface area contributed by atoms with Crippen molar-refractivity contribution in [2.75, 3.05) is 7.05 Å². The smallest absolute Gasteiger partial charge is 0.404 e. The van der Waals surface area contributed by atoms with E-state index in [-0.39, 0.29) is 26.2 Å². The van der Waals surface area contributed by atoms with Gasteiger partial charge in [-0.1, -0.05) is 17.7 Å². The van der Waals surface area contributed by atoms with Crippen LogP contribution in [0.2, 0.25) is 5.02 Å². The van der Waals surface area contributed by atoms with Gasteiger partial charge in [-0.25, -0.2) is 9.38 Å². The molecule has 1 aliphatic carbocycles. The van der Waals surface area contributed by atoms with Gasteiger partial charge in [0.25, 0.3) is 5.91 Å². The average molecular weight is 629 g/mol. The number of rotatable bonds is 6. The fraction of sp³-hybridized carbons (Fsp3) is 0.348. The molecule has 0 spiro atoms. The third kappa shape index (κ3) is 4.89. The topological polar surface area (TPSA) is 87.4 Å². The maximum atomic E-state index is 14.6. The van der Waals surface area contributed by atoms with Gasteiger partial charge in [0.15, 0.2) is 0 Å². The molecule has 2 N–H and O–H groups in total. The maximum absolute atomic E-state index is 14.6. The van der Waals surface area contributed by atoms with E-state index in [2.05, 4.69) is 27.0 Å². The number of hydrogen-bond acceptors (Lipinski definition) is 4. The van der Waals surface area contributed by atoms with Crippen LogP contribution >= 0.6 is 27.5 Å². The van der Waals surface area contributed by atoms with E-state index in [1.54, 1.807) is 0 Å². The summed E-state index contributed by atoms with van der Waals surface area (Å²) in [7, 11) is 2.25. The predicted molar refractivity (Wildman–Crippen MR) is 129 cm³/mol. The van der Waals surface area contributed by atoms with Crippen LogP contribution in [0.5, 0.6) is 0 Å². The number of nitrogens with two attached hydrogens (primary N) is 1. The summed E-state index contributed by atoms with van der Waals surface area (Å²) >= 11 is 9.02. The van der Waals surface area contributed by atoms with Gasteiger partial charge in [-0.15, -0.1) is 0 Å². The number of halogens is 9. The molecule has 0 unspecified atom stereocenters. The number of allylic oxidation sites excluding steroid dienone is 1. The first-order valence-electron chi connectivity index (χ1n) is 10.6. The van der Waals surface area contributed by atoms with Gasteiger partial charge in [-0.3, -0.25) is 4.79 Å². The molecule has 6 nitrogen and oxygen atoms in total. The van der Waals surface area contributed by atoms with E-state index in [1.165, 1.54) is 30.1 Å². The molecule has 1 saturated carbocycles. The van der Waals surface area contributed by atoms with Gasteiger partial charge in [-0.2, -0.15) is 31.6 Å². The molecule has 38 heavy (non-hydrogen) atoms. The van der Waals surface area contributed by atoms with E-state index in [1.807, 2.05) is 0 Å². The Kier molecular flexibility index (Phi) is 7.70. The number of carbonyl (C=O) groups excluding carboxylic acids is 1. The minimum Gasteiger partial charge on any atom is -0.404 e. The van der Waals surface area contributed by atoms with Crippen molar-refractivity contribution in [3.05, 3.63) is 56.8 Å². The maximum Gasteiger partial charge on any atom is 0.437 e. The Hall–Kier alpha value is -3.05. The molecule has 2 aromatic rings. The number of alkyl halides is 7. The van der Waals surface area contributed by atoms with Crippen molar-refractivity contribution in [3.8, 4) is 6.07 Å². The van der Waals surface area contributed by atoms with Crippen molar-refractivity contribution in [1.29, 1.82) is 5.26 Å². The average Bonchev–Trinajstić information content (AvgIpc) is 3.58. The highest BCUT2D eigenvalue weighted by molar-refractivity contribution is 9.10. The van der Waals surface area contributed by atoms with Gasteiger partial charge in [0.1, 0.15) is 11.4 Å². The summed E-state index contributed by atoms with van der Waals surface area (Å²) in [5, 5.41) is 9.43. The minimum atomic E-state index is -6.30. The molecule has 0 bridgehead atoms. The second-order valence-corrected chi connectivity index (χ2v) is 9.76. The van der Waals surface area contributed by atoms with Gasteiger partial charge in [0, 0.05) is 32.1 Å². The second kappa shape index (κ2) is 9.92. The van der Waals surface area contributed by atoms with Crippen molar-refractivity contribution in [3.63, 3.8) is 0 Å². The minimum absolute atomic E-state index is 0.0286. The predicted octanol–water partition coefficient (Wildman–Crippen LogP) is 6.56. The van der Waals surface area contributed by atoms with Crippen molar-refractivity contribution in [2.24, 2.45) is 17.8 Å². The van der Waals surface area contributed by atoms with Crippen LogP contribution in [0.3, 0.4) is 0 Å². The standard InChI is InChI=1S/C23H18BrClF7N5O/c1-36-17(21(26,22(27,28)29)23(30,31)32)8-15(24)18(36)35-10-13(9-33)12-3-4-16(25)14(7-12)19(38)37(2)20(11-34)5-6-20/h3-4,7-10H,5-6,33H2,1-2H3. The van der Waals surface area contributed by atoms with Crippen molar-refractivity contribution >= 4 is 51.0 Å². The first kappa shape index (κ1) is 29.5. The first-order chi connectivity index (χ1) is 17.4. The van der Waals surface area contributed by atoms with Gasteiger partial charge < -0.3 is 15.2 Å². The Balaban J connectivity index is 2.00. The van der Waals surface area contributed by atoms with Crippen LogP contribution in [0.4, 0.5) is 36.6 Å². The molecule has 1 amide bonds. The highest BCUT2D eigenvalue weighted by Crippen LogP contribution is 2.54. The molecule has 0 atom stereocenters. The molecule has 1 aliphatic rings. The van der Waals surface area contributed by atoms with Gasteiger partial charge in [0.2, 0.25) is 0 Å². The zero-order valence-electron chi connectivity index (χ0n) is 19.6. The number of aliphatic imine (C=N–C) groups is 1. The Morgan fingerprint density at radius 2 is 1.79 bits per heavy atom. The molecule has 3 rings (SSSR count). The summed E-state index contributed by atoms with van der Waals surface area (Å²) in [6.45, 7) is 0. The largest absolute Gasteiger partial charge is 0.437 e. The van der Waals surface area contributed by atoms with Crippen LogP contribution in [0.25, 0.3) is 5.57 Å². The van der Waals surface area contributed by atoms with Crippen molar-refractivity contribution in [2.45, 2.75) is 36.4 Å². The molecule has 0 aliphatic heterocycles. The van der Waals surface area contributed by atoms with E-state index in [0.717, 1.165) is 19.5 Å². The van der Waals surface area contributed by atoms with E-state index in [0.29, 0.717) is 23.5 Å². The molecule has 1 fully saturated rings. The number of benzene rings is 1. The molecular weight excluding hydrogens is 611 g/mol. The number of nitriles is 1. The van der Waals surface area contributed by atoms with Crippen LogP contribution < -0.4 is 5.73 Å². The molecule has 204 valence electrons. The number of amides is 1. The Bertz CT molecular complexity index is 1360. The van der Waals surface area contributed by atoms with Crippen molar-refractivity contribution in [1.82, 2.24) is 9.47 Å². The highest BCUT2D eigenvalue weighted by atomic mass is 79.9. The molecular formula is C23H18BrClF7N5O. The lowest BCUT2D eigenvalue weighted by Crippen LogP contribution is -2.51. The molecule has 0 saturated heterocycles. The highest BCUT2D eigenvalue weighted by Gasteiger charge is 2.74. The Labute approximate surface area is 225 Å². The zero-order chi connectivity index (χ0) is 28.8. The molecule has 0 radical (unpaired) electrons. The fourth-order valence-electron chi connectivity index (χ4n) is 3.71. The van der Waals surface area contributed by atoms with E-state index in [9.17, 15) is 40.8 Å². The Morgan fingerprint density at radius 1 is 1.21 bits per heavy atom. The van der Waals surface area contributed by atoms with E-state index in [4.69, 9.17) is 17.3 Å². The summed E-state index contributed by atoms with van der Waals surface area (Å²) in [4.78, 5) is 18.2. The number of aromatic nitrogens is 1. The van der Waals surface area contributed by atoms with Crippen LogP contribution in [-0.2, 0) is 12.7 Å². The summed E-state index contributed by atoms with van der Waals surface area (Å²) < 4.78 is 94.0. The SMILES string of the molecule is CN(C(=O)c1cc(C(C=Nc2c(Br)cc(C(F)(C(F)(F)F)C(F)(F)F)n2C)=CN)ccc1Cl)C1(C#N)CC1. The number of hydrogen-bond donors (Lipinski definition) is 1. The number of carbonyl (C=O) groups is 1. The summed E-state index contributed by atoms with van der Waals surface area (Å²) in [6.07, 6.45) is -9.55. The van der Waals surface area contributed by atoms with Gasteiger partial charge >= 0.3 is 18.0 Å². The molecule has 1 heterocycles. The zero-order valence-corrected chi connectivity index (χ0v) is 21.9. The fourth-order valence-corrected chi connectivity index (χ4v) is 4.50. The first-order valence-corrected chi connectivity index (χ1v) is 11.8. The van der Waals surface area contributed by atoms with Crippen LogP contribution in [-0.4, -0.2) is 46.5 Å². The van der Waals surface area contributed by atoms with E-state index >= 15 is 0 Å². The van der Waals surface area contributed by atoms with Crippen LogP contribution in [0.1, 0.15) is 34.5 Å². The molecule has 1 aromatic heterocycles. The van der Waals surface area contributed by atoms with Gasteiger partial charge in [0.05, 0.1) is 26.8 Å². The number of nitrogens with zero attached hydrogens (tertiary/aromatic N) is 4. The lowest BCUT2D eigenvalue weighted by molar-refractivity contribution is -0.350.